The molecule has 1 aliphatic carbocycles. The number of hydrogen-bond donors (Lipinski definition) is 2. The molecular weight excluding hydrogens is 540 g/mol. The molecule has 1 unspecified atom stereocenters. The highest BCUT2D eigenvalue weighted by molar-refractivity contribution is 5.80. The van der Waals surface area contributed by atoms with E-state index in [9.17, 15) is 13.6 Å². The average molecular weight is 584 g/mol. The first-order chi connectivity index (χ1) is 20.0. The Kier molecular flexibility index (Phi) is 10.3. The molecule has 4 rings (SSSR count). The van der Waals surface area contributed by atoms with Gasteiger partial charge in [0.15, 0.2) is 6.29 Å². The predicted molar refractivity (Wildman–Crippen MR) is 159 cm³/mol. The van der Waals surface area contributed by atoms with Gasteiger partial charge in [-0.3, -0.25) is 4.79 Å². The molecule has 1 fully saturated rings. The fourth-order valence-electron chi connectivity index (χ4n) is 5.81. The lowest BCUT2D eigenvalue weighted by Gasteiger charge is -2.38. The van der Waals surface area contributed by atoms with E-state index < -0.39 is 12.7 Å². The van der Waals surface area contributed by atoms with Gasteiger partial charge in [0.2, 0.25) is 5.91 Å². The lowest BCUT2D eigenvalue weighted by molar-refractivity contribution is -0.122. The van der Waals surface area contributed by atoms with Gasteiger partial charge in [0, 0.05) is 37.4 Å². The van der Waals surface area contributed by atoms with Crippen LogP contribution in [0, 0.1) is 13.8 Å². The van der Waals surface area contributed by atoms with Crippen molar-refractivity contribution in [3.05, 3.63) is 75.9 Å². The third-order valence-electron chi connectivity index (χ3n) is 8.15. The molecule has 1 aliphatic heterocycles. The monoisotopic (exact) mass is 583 g/mol. The van der Waals surface area contributed by atoms with Gasteiger partial charge in [-0.1, -0.05) is 44.2 Å². The molecular formula is C32H43F2N5O3. The molecule has 1 atom stereocenters. The fourth-order valence-corrected chi connectivity index (χ4v) is 5.81. The highest BCUT2D eigenvalue weighted by atomic mass is 19.3. The van der Waals surface area contributed by atoms with Gasteiger partial charge >= 0.3 is 0 Å². The summed E-state index contributed by atoms with van der Waals surface area (Å²) in [6.07, 6.45) is 3.18. The minimum atomic E-state index is -2.55. The van der Waals surface area contributed by atoms with Gasteiger partial charge < -0.3 is 25.0 Å². The predicted octanol–water partition coefficient (Wildman–Crippen LogP) is 6.07. The number of anilines is 1. The van der Waals surface area contributed by atoms with Crippen LogP contribution in [0.1, 0.15) is 85.5 Å². The van der Waals surface area contributed by atoms with Crippen LogP contribution in [0.5, 0.6) is 0 Å². The van der Waals surface area contributed by atoms with E-state index in [1.54, 1.807) is 19.9 Å². The lowest BCUT2D eigenvalue weighted by Crippen LogP contribution is -2.50. The number of rotatable bonds is 12. The molecule has 42 heavy (non-hydrogen) atoms. The first kappa shape index (κ1) is 31.6. The molecule has 0 saturated carbocycles. The van der Waals surface area contributed by atoms with Gasteiger partial charge in [0.25, 0.3) is 6.43 Å². The summed E-state index contributed by atoms with van der Waals surface area (Å²) in [4.78, 5) is 24.9. The van der Waals surface area contributed by atoms with Gasteiger partial charge in [-0.05, 0) is 56.2 Å². The third-order valence-corrected chi connectivity index (χ3v) is 8.15. The van der Waals surface area contributed by atoms with E-state index in [1.807, 2.05) is 25.1 Å². The second-order valence-electron chi connectivity index (χ2n) is 11.4. The standard InChI is InChI=1S/C32H43F2N5O3/c1-7-13-32(14-11-23(12-15-32)21(3)39(5)6)38-27(40)18-26-28(31-41-16-17-42-31)30(37-22(4)36-26)35-19-24-9-8-10-25(20(24)2)29(33)34/h8-11,29,31H,3,7,12-19H2,1-2,4-6H3,(H,38,40)(H,35,36,37). The number of allylic oxidation sites excluding steroid dienone is 1. The van der Waals surface area contributed by atoms with E-state index in [1.165, 1.54) is 11.6 Å². The van der Waals surface area contributed by atoms with Crippen molar-refractivity contribution in [2.45, 2.75) is 84.1 Å². The summed E-state index contributed by atoms with van der Waals surface area (Å²) in [7, 11) is 3.98. The van der Waals surface area contributed by atoms with Crippen molar-refractivity contribution < 1.29 is 23.0 Å². The van der Waals surface area contributed by atoms with Crippen molar-refractivity contribution in [1.29, 1.82) is 0 Å². The van der Waals surface area contributed by atoms with Crippen LogP contribution >= 0.6 is 0 Å². The number of benzene rings is 1. The van der Waals surface area contributed by atoms with Crippen LogP contribution in [-0.2, 0) is 27.2 Å². The molecule has 1 aromatic carbocycles. The van der Waals surface area contributed by atoms with E-state index >= 15 is 0 Å². The maximum Gasteiger partial charge on any atom is 0.264 e. The quantitative estimate of drug-likeness (QED) is 0.314. The first-order valence-corrected chi connectivity index (χ1v) is 14.6. The largest absolute Gasteiger partial charge is 0.378 e. The van der Waals surface area contributed by atoms with Gasteiger partial charge in [0.1, 0.15) is 11.6 Å². The molecule has 2 heterocycles. The molecule has 8 nitrogen and oxygen atoms in total. The molecule has 2 N–H and O–H groups in total. The van der Waals surface area contributed by atoms with Crippen molar-refractivity contribution in [3.8, 4) is 0 Å². The Balaban J connectivity index is 1.58. The molecule has 1 saturated heterocycles. The Bertz CT molecular complexity index is 1320. The highest BCUT2D eigenvalue weighted by Gasteiger charge is 2.35. The van der Waals surface area contributed by atoms with E-state index in [4.69, 9.17) is 9.47 Å². The van der Waals surface area contributed by atoms with Crippen LogP contribution in [0.25, 0.3) is 0 Å². The molecule has 2 aromatic rings. The van der Waals surface area contributed by atoms with Gasteiger partial charge in [-0.15, -0.1) is 0 Å². The van der Waals surface area contributed by atoms with Crippen LogP contribution in [0.2, 0.25) is 0 Å². The Morgan fingerprint density at radius 1 is 1.21 bits per heavy atom. The highest BCUT2D eigenvalue weighted by Crippen LogP contribution is 2.36. The Morgan fingerprint density at radius 2 is 1.95 bits per heavy atom. The summed E-state index contributed by atoms with van der Waals surface area (Å²) in [6.45, 7) is 10.9. The number of aryl methyl sites for hydroxylation is 1. The van der Waals surface area contributed by atoms with Crippen LogP contribution in [0.15, 0.2) is 42.1 Å². The van der Waals surface area contributed by atoms with E-state index in [0.29, 0.717) is 41.7 Å². The van der Waals surface area contributed by atoms with Crippen LogP contribution in [0.3, 0.4) is 0 Å². The minimum absolute atomic E-state index is 0.00456. The summed E-state index contributed by atoms with van der Waals surface area (Å²) in [5.41, 5.74) is 4.23. The van der Waals surface area contributed by atoms with Crippen LogP contribution in [-0.4, -0.2) is 53.6 Å². The number of aromatic nitrogens is 2. The summed E-state index contributed by atoms with van der Waals surface area (Å²) < 4.78 is 38.6. The Morgan fingerprint density at radius 3 is 2.57 bits per heavy atom. The number of alkyl halides is 2. The van der Waals surface area contributed by atoms with Crippen LogP contribution in [0.4, 0.5) is 14.6 Å². The van der Waals surface area contributed by atoms with Gasteiger partial charge in [0.05, 0.1) is 30.9 Å². The molecule has 0 bridgehead atoms. The number of carbonyl (C=O) groups is 1. The number of halogens is 2. The second kappa shape index (κ2) is 13.7. The minimum Gasteiger partial charge on any atom is -0.378 e. The lowest BCUT2D eigenvalue weighted by atomic mass is 9.78. The summed E-state index contributed by atoms with van der Waals surface area (Å²) >= 11 is 0. The number of nitrogens with one attached hydrogen (secondary N) is 2. The Hall–Kier alpha value is -3.37. The Labute approximate surface area is 247 Å². The normalized spacial score (nSPS) is 19.1. The van der Waals surface area contributed by atoms with Crippen molar-refractivity contribution >= 4 is 11.7 Å². The maximum atomic E-state index is 13.6. The number of amides is 1. The third kappa shape index (κ3) is 7.33. The molecule has 228 valence electrons. The van der Waals surface area contributed by atoms with Crippen LogP contribution < -0.4 is 10.6 Å². The number of ether oxygens (including phenoxy) is 2. The van der Waals surface area contributed by atoms with E-state index in [0.717, 1.165) is 43.4 Å². The number of likely N-dealkylation sites (N-methyl/N-ethyl adjacent to an activating group) is 1. The SMILES string of the molecule is C=C(C1=CCC(CCC)(NC(=O)Cc2nc(C)nc(NCc3cccc(C(F)F)c3C)c2C2OCCO2)CC1)N(C)C. The second-order valence-corrected chi connectivity index (χ2v) is 11.4. The smallest absolute Gasteiger partial charge is 0.264 e. The summed E-state index contributed by atoms with van der Waals surface area (Å²) in [6, 6.07) is 4.87. The molecule has 2 aliphatic rings. The number of hydrogen-bond acceptors (Lipinski definition) is 7. The summed E-state index contributed by atoms with van der Waals surface area (Å²) in [5, 5.41) is 6.64. The van der Waals surface area contributed by atoms with Gasteiger partial charge in [-0.2, -0.15) is 0 Å². The molecule has 0 radical (unpaired) electrons. The van der Waals surface area contributed by atoms with E-state index in [-0.39, 0.29) is 30.0 Å². The first-order valence-electron chi connectivity index (χ1n) is 14.6. The fraction of sp³-hybridized carbons (Fsp3) is 0.531. The van der Waals surface area contributed by atoms with Crippen molar-refractivity contribution in [3.63, 3.8) is 0 Å². The topological polar surface area (TPSA) is 88.6 Å². The zero-order chi connectivity index (χ0) is 30.4. The molecule has 0 spiro atoms. The number of nitrogens with zero attached hydrogens (tertiary/aromatic N) is 3. The molecule has 10 heteroatoms. The number of carbonyl (C=O) groups excluding carboxylic acids is 1. The molecule has 1 amide bonds. The van der Waals surface area contributed by atoms with Crippen molar-refractivity contribution in [2.24, 2.45) is 0 Å². The average Bonchev–Trinajstić information content (AvgIpc) is 3.46. The zero-order valence-electron chi connectivity index (χ0n) is 25.4. The van der Waals surface area contributed by atoms with E-state index in [2.05, 4.69) is 40.2 Å². The maximum absolute atomic E-state index is 13.6. The van der Waals surface area contributed by atoms with Crippen molar-refractivity contribution in [2.75, 3.05) is 32.6 Å². The zero-order valence-corrected chi connectivity index (χ0v) is 25.4. The van der Waals surface area contributed by atoms with Crippen molar-refractivity contribution in [1.82, 2.24) is 20.2 Å². The summed E-state index contributed by atoms with van der Waals surface area (Å²) in [5.74, 6) is 0.820. The van der Waals surface area contributed by atoms with Gasteiger partial charge in [-0.25, -0.2) is 18.7 Å². The molecule has 1 aromatic heterocycles.